The fraction of sp³-hybridized carbons (Fsp3) is 0.176. The molecule has 0 aliphatic rings. The van der Waals surface area contributed by atoms with Crippen LogP contribution < -0.4 is 15.4 Å². The molecule has 0 aromatic heterocycles. The van der Waals surface area contributed by atoms with Crippen LogP contribution in [0.15, 0.2) is 42.5 Å². The van der Waals surface area contributed by atoms with Gasteiger partial charge in [-0.15, -0.1) is 0 Å². The van der Waals surface area contributed by atoms with Crippen LogP contribution >= 0.6 is 23.2 Å². The Morgan fingerprint density at radius 3 is 2.46 bits per heavy atom. The number of benzene rings is 2. The van der Waals surface area contributed by atoms with Crippen molar-refractivity contribution in [2.75, 3.05) is 19.0 Å². The van der Waals surface area contributed by atoms with Gasteiger partial charge in [0.2, 0.25) is 5.91 Å². The van der Waals surface area contributed by atoms with Gasteiger partial charge in [-0.05, 0) is 36.4 Å². The van der Waals surface area contributed by atoms with Crippen LogP contribution in [0.3, 0.4) is 0 Å². The zero-order valence-corrected chi connectivity index (χ0v) is 14.4. The number of methoxy groups -OCH3 is 1. The van der Waals surface area contributed by atoms with E-state index < -0.39 is 0 Å². The molecule has 0 saturated carbocycles. The lowest BCUT2D eigenvalue weighted by atomic mass is 10.2. The van der Waals surface area contributed by atoms with Gasteiger partial charge in [-0.3, -0.25) is 9.59 Å². The molecule has 0 aliphatic heterocycles. The van der Waals surface area contributed by atoms with Crippen LogP contribution in [0.25, 0.3) is 0 Å². The molecule has 0 saturated heterocycles. The van der Waals surface area contributed by atoms with Gasteiger partial charge in [0.25, 0.3) is 5.91 Å². The molecule has 2 aromatic rings. The molecule has 0 unspecified atom stereocenters. The first-order chi connectivity index (χ1) is 11.5. The quantitative estimate of drug-likeness (QED) is 0.817. The number of nitrogens with one attached hydrogen (secondary N) is 2. The first kappa shape index (κ1) is 18.1. The molecule has 0 bridgehead atoms. The minimum Gasteiger partial charge on any atom is -0.497 e. The van der Waals surface area contributed by atoms with Crippen LogP contribution in [-0.2, 0) is 4.79 Å². The molecule has 2 aromatic carbocycles. The molecule has 2 rings (SSSR count). The summed E-state index contributed by atoms with van der Waals surface area (Å²) in [6.45, 7) is 0.205. The van der Waals surface area contributed by atoms with Crippen LogP contribution in [0.2, 0.25) is 10.0 Å². The van der Waals surface area contributed by atoms with E-state index in [9.17, 15) is 9.59 Å². The topological polar surface area (TPSA) is 67.4 Å². The van der Waals surface area contributed by atoms with Crippen molar-refractivity contribution in [2.24, 2.45) is 0 Å². The molecular weight excluding hydrogens is 351 g/mol. The molecule has 0 aliphatic carbocycles. The first-order valence-electron chi connectivity index (χ1n) is 7.16. The van der Waals surface area contributed by atoms with Gasteiger partial charge in [0.15, 0.2) is 0 Å². The maximum Gasteiger partial charge on any atom is 0.251 e. The number of hydrogen-bond acceptors (Lipinski definition) is 3. The highest BCUT2D eigenvalue weighted by Gasteiger charge is 2.08. The molecular formula is C17H16Cl2N2O3. The largest absolute Gasteiger partial charge is 0.497 e. The SMILES string of the molecule is COc1cccc(C(=O)NCCC(=O)Nc2cc(Cl)cc(Cl)c2)c1. The third-order valence-electron chi connectivity index (χ3n) is 3.12. The summed E-state index contributed by atoms with van der Waals surface area (Å²) < 4.78 is 5.07. The molecule has 0 fully saturated rings. The molecule has 7 heteroatoms. The van der Waals surface area contributed by atoms with E-state index in [1.165, 1.54) is 7.11 Å². The molecule has 0 radical (unpaired) electrons. The maximum absolute atomic E-state index is 12.0. The number of halogens is 2. The highest BCUT2D eigenvalue weighted by atomic mass is 35.5. The van der Waals surface area contributed by atoms with Crippen molar-refractivity contribution >= 4 is 40.7 Å². The van der Waals surface area contributed by atoms with Crippen LogP contribution in [0.1, 0.15) is 16.8 Å². The maximum atomic E-state index is 12.0. The second-order valence-corrected chi connectivity index (χ2v) is 5.82. The summed E-state index contributed by atoms with van der Waals surface area (Å²) in [6.07, 6.45) is 0.125. The van der Waals surface area contributed by atoms with Crippen molar-refractivity contribution in [3.05, 3.63) is 58.1 Å². The number of anilines is 1. The second-order valence-electron chi connectivity index (χ2n) is 4.94. The van der Waals surface area contributed by atoms with Crippen molar-refractivity contribution in [3.63, 3.8) is 0 Å². The minimum absolute atomic E-state index is 0.125. The number of carbonyl (C=O) groups excluding carboxylic acids is 2. The third kappa shape index (κ3) is 5.44. The molecule has 0 heterocycles. The molecule has 0 spiro atoms. The Balaban J connectivity index is 1.82. The highest BCUT2D eigenvalue weighted by molar-refractivity contribution is 6.35. The lowest BCUT2D eigenvalue weighted by molar-refractivity contribution is -0.116. The fourth-order valence-corrected chi connectivity index (χ4v) is 2.53. The van der Waals surface area contributed by atoms with Crippen LogP contribution in [-0.4, -0.2) is 25.5 Å². The molecule has 24 heavy (non-hydrogen) atoms. The Bertz CT molecular complexity index is 730. The van der Waals surface area contributed by atoms with Gasteiger partial charge in [-0.1, -0.05) is 29.3 Å². The summed E-state index contributed by atoms with van der Waals surface area (Å²) in [6, 6.07) is 11.5. The molecule has 5 nitrogen and oxygen atoms in total. The Morgan fingerprint density at radius 1 is 1.08 bits per heavy atom. The van der Waals surface area contributed by atoms with E-state index in [1.807, 2.05) is 0 Å². The van der Waals surface area contributed by atoms with Gasteiger partial charge in [0.1, 0.15) is 5.75 Å². The monoisotopic (exact) mass is 366 g/mol. The van der Waals surface area contributed by atoms with Crippen LogP contribution in [0, 0.1) is 0 Å². The molecule has 2 N–H and O–H groups in total. The van der Waals surface area contributed by atoms with Crippen molar-refractivity contribution in [3.8, 4) is 5.75 Å². The van der Waals surface area contributed by atoms with Gasteiger partial charge in [-0.2, -0.15) is 0 Å². The van der Waals surface area contributed by atoms with Crippen LogP contribution in [0.5, 0.6) is 5.75 Å². The van der Waals surface area contributed by atoms with Crippen molar-refractivity contribution in [1.29, 1.82) is 0 Å². The zero-order chi connectivity index (χ0) is 17.5. The first-order valence-corrected chi connectivity index (χ1v) is 7.92. The smallest absolute Gasteiger partial charge is 0.251 e. The molecule has 0 atom stereocenters. The van der Waals surface area contributed by atoms with Crippen molar-refractivity contribution in [1.82, 2.24) is 5.32 Å². The second kappa shape index (κ2) is 8.57. The average molecular weight is 367 g/mol. The van der Waals surface area contributed by atoms with Crippen molar-refractivity contribution < 1.29 is 14.3 Å². The van der Waals surface area contributed by atoms with E-state index >= 15 is 0 Å². The van der Waals surface area contributed by atoms with Gasteiger partial charge >= 0.3 is 0 Å². The number of amides is 2. The Morgan fingerprint density at radius 2 is 1.79 bits per heavy atom. The summed E-state index contributed by atoms with van der Waals surface area (Å²) in [5, 5.41) is 6.23. The minimum atomic E-state index is -0.271. The predicted octanol–water partition coefficient (Wildman–Crippen LogP) is 3.76. The number of ether oxygens (including phenoxy) is 1. The van der Waals surface area contributed by atoms with E-state index in [2.05, 4.69) is 10.6 Å². The van der Waals surface area contributed by atoms with Crippen LogP contribution in [0.4, 0.5) is 5.69 Å². The molecule has 2 amide bonds. The number of carbonyl (C=O) groups is 2. The van der Waals surface area contributed by atoms with Gasteiger partial charge in [-0.25, -0.2) is 0 Å². The summed E-state index contributed by atoms with van der Waals surface area (Å²) in [7, 11) is 1.53. The average Bonchev–Trinajstić information content (AvgIpc) is 2.53. The summed E-state index contributed by atoms with van der Waals surface area (Å²) >= 11 is 11.7. The Hall–Kier alpha value is -2.24. The molecule has 126 valence electrons. The summed E-state index contributed by atoms with van der Waals surface area (Å²) in [4.78, 5) is 23.9. The van der Waals surface area contributed by atoms with E-state index in [0.29, 0.717) is 27.0 Å². The van der Waals surface area contributed by atoms with Gasteiger partial charge < -0.3 is 15.4 Å². The third-order valence-corrected chi connectivity index (χ3v) is 3.55. The predicted molar refractivity (Wildman–Crippen MR) is 95.0 cm³/mol. The van der Waals surface area contributed by atoms with E-state index in [-0.39, 0.29) is 24.8 Å². The van der Waals surface area contributed by atoms with E-state index in [0.717, 1.165) is 0 Å². The highest BCUT2D eigenvalue weighted by Crippen LogP contribution is 2.22. The zero-order valence-electron chi connectivity index (χ0n) is 12.9. The summed E-state index contributed by atoms with van der Waals surface area (Å²) in [5.41, 5.74) is 0.980. The normalized spacial score (nSPS) is 10.1. The number of hydrogen-bond donors (Lipinski definition) is 2. The van der Waals surface area contributed by atoms with Gasteiger partial charge in [0.05, 0.1) is 7.11 Å². The number of rotatable bonds is 6. The summed E-state index contributed by atoms with van der Waals surface area (Å²) in [5.74, 6) is 0.0741. The lowest BCUT2D eigenvalue weighted by Crippen LogP contribution is -2.27. The standard InChI is InChI=1S/C17H16Cl2N2O3/c1-24-15-4-2-3-11(7-15)17(23)20-6-5-16(22)21-14-9-12(18)8-13(19)10-14/h2-4,7-10H,5-6H2,1H3,(H,20,23)(H,21,22). The van der Waals surface area contributed by atoms with Gasteiger partial charge in [0, 0.05) is 34.3 Å². The van der Waals surface area contributed by atoms with E-state index in [1.54, 1.807) is 42.5 Å². The fourth-order valence-electron chi connectivity index (χ4n) is 2.01. The van der Waals surface area contributed by atoms with E-state index in [4.69, 9.17) is 27.9 Å². The van der Waals surface area contributed by atoms with Crippen molar-refractivity contribution in [2.45, 2.75) is 6.42 Å². The Labute approximate surface area is 149 Å². The lowest BCUT2D eigenvalue weighted by Gasteiger charge is -2.08. The Kier molecular flexibility index (Phi) is 6.46.